The van der Waals surface area contributed by atoms with E-state index in [0.29, 0.717) is 10.6 Å². The maximum atomic E-state index is 11.1. The van der Waals surface area contributed by atoms with E-state index in [1.54, 1.807) is 41.8 Å². The summed E-state index contributed by atoms with van der Waals surface area (Å²) in [5.41, 5.74) is 0.675. The fourth-order valence-corrected chi connectivity index (χ4v) is 2.35. The van der Waals surface area contributed by atoms with Crippen molar-refractivity contribution in [2.75, 3.05) is 0 Å². The topological polar surface area (TPSA) is 43.1 Å². The minimum absolute atomic E-state index is 0.0838. The van der Waals surface area contributed by atoms with Crippen LogP contribution < -0.4 is 0 Å². The number of hydrogen-bond acceptors (Lipinski definition) is 3. The van der Waals surface area contributed by atoms with Crippen molar-refractivity contribution in [3.63, 3.8) is 0 Å². The molecule has 0 atom stereocenters. The molecule has 0 aromatic heterocycles. The summed E-state index contributed by atoms with van der Waals surface area (Å²) < 4.78 is 0. The molecule has 2 aromatic carbocycles. The summed E-state index contributed by atoms with van der Waals surface area (Å²) in [5.74, 6) is 0. The van der Waals surface area contributed by atoms with Gasteiger partial charge in [0.1, 0.15) is 0 Å². The van der Waals surface area contributed by atoms with Gasteiger partial charge < -0.3 is 0 Å². The van der Waals surface area contributed by atoms with Crippen LogP contribution in [-0.2, 0) is 0 Å². The molecule has 5 heteroatoms. The monoisotopic (exact) mass is 291 g/mol. The number of thioether (sulfide) groups is 1. The second-order valence-corrected chi connectivity index (χ2v) is 5.08. The molecule has 0 N–H and O–H groups in total. The predicted octanol–water partition coefficient (Wildman–Crippen LogP) is 4.71. The SMILES string of the molecule is O=[N+]([O-])/C(=C\Sc1ccc(Cl)cc1)c1ccccc1. The van der Waals surface area contributed by atoms with E-state index < -0.39 is 0 Å². The molecule has 2 rings (SSSR count). The van der Waals surface area contributed by atoms with Crippen molar-refractivity contribution in [1.29, 1.82) is 0 Å². The summed E-state index contributed by atoms with van der Waals surface area (Å²) in [6, 6.07) is 16.0. The molecule has 0 heterocycles. The van der Waals surface area contributed by atoms with Gasteiger partial charge in [0.2, 0.25) is 0 Å². The van der Waals surface area contributed by atoms with Gasteiger partial charge in [-0.2, -0.15) is 0 Å². The quantitative estimate of drug-likeness (QED) is 0.465. The number of hydrogen-bond donors (Lipinski definition) is 0. The number of benzene rings is 2. The first-order valence-corrected chi connectivity index (χ1v) is 6.75. The van der Waals surface area contributed by atoms with E-state index in [1.165, 1.54) is 11.8 Å². The largest absolute Gasteiger partial charge is 0.283 e. The number of rotatable bonds is 4. The fraction of sp³-hybridized carbons (Fsp3) is 0. The predicted molar refractivity (Wildman–Crippen MR) is 78.7 cm³/mol. The van der Waals surface area contributed by atoms with Crippen LogP contribution in [0.2, 0.25) is 5.02 Å². The highest BCUT2D eigenvalue weighted by molar-refractivity contribution is 8.02. The van der Waals surface area contributed by atoms with E-state index in [-0.39, 0.29) is 10.6 Å². The molecule has 0 fully saturated rings. The molecular weight excluding hydrogens is 282 g/mol. The Morgan fingerprint density at radius 1 is 1.11 bits per heavy atom. The van der Waals surface area contributed by atoms with Crippen LogP contribution in [0.1, 0.15) is 5.56 Å². The van der Waals surface area contributed by atoms with Gasteiger partial charge in [-0.05, 0) is 36.4 Å². The first-order chi connectivity index (χ1) is 9.16. The van der Waals surface area contributed by atoms with Crippen LogP contribution in [0.25, 0.3) is 5.70 Å². The van der Waals surface area contributed by atoms with Crippen molar-refractivity contribution in [2.24, 2.45) is 0 Å². The van der Waals surface area contributed by atoms with E-state index in [4.69, 9.17) is 11.6 Å². The highest BCUT2D eigenvalue weighted by Gasteiger charge is 2.13. The minimum Gasteiger partial charge on any atom is -0.258 e. The second-order valence-electron chi connectivity index (χ2n) is 3.70. The highest BCUT2D eigenvalue weighted by Crippen LogP contribution is 2.26. The Kier molecular flexibility index (Phi) is 4.60. The van der Waals surface area contributed by atoms with Crippen molar-refractivity contribution >= 4 is 29.1 Å². The second kappa shape index (κ2) is 6.41. The number of nitrogens with zero attached hydrogens (tertiary/aromatic N) is 1. The molecule has 0 saturated carbocycles. The molecule has 0 aliphatic heterocycles. The summed E-state index contributed by atoms with van der Waals surface area (Å²) in [5, 5.41) is 13.3. The molecule has 0 radical (unpaired) electrons. The highest BCUT2D eigenvalue weighted by atomic mass is 35.5. The summed E-state index contributed by atoms with van der Waals surface area (Å²) in [4.78, 5) is 11.6. The van der Waals surface area contributed by atoms with Crippen LogP contribution in [0.5, 0.6) is 0 Å². The number of nitro groups is 1. The van der Waals surface area contributed by atoms with Crippen molar-refractivity contribution in [3.05, 3.63) is 80.7 Å². The molecular formula is C14H10ClNO2S. The zero-order valence-electron chi connectivity index (χ0n) is 9.82. The summed E-state index contributed by atoms with van der Waals surface area (Å²) in [6.45, 7) is 0. The van der Waals surface area contributed by atoms with Gasteiger partial charge in [-0.3, -0.25) is 10.1 Å². The first-order valence-electron chi connectivity index (χ1n) is 5.49. The van der Waals surface area contributed by atoms with E-state index in [2.05, 4.69) is 0 Å². The summed E-state index contributed by atoms with van der Waals surface area (Å²) >= 11 is 7.09. The Bertz CT molecular complexity index is 597. The lowest BCUT2D eigenvalue weighted by Gasteiger charge is -1.99. The Hall–Kier alpha value is -1.78. The van der Waals surface area contributed by atoms with Gasteiger partial charge in [0.25, 0.3) is 5.70 Å². The third kappa shape index (κ3) is 3.84. The lowest BCUT2D eigenvalue weighted by molar-refractivity contribution is -0.375. The normalized spacial score (nSPS) is 11.3. The average molecular weight is 292 g/mol. The Morgan fingerprint density at radius 2 is 1.74 bits per heavy atom. The lowest BCUT2D eigenvalue weighted by atomic mass is 10.2. The Labute approximate surface area is 120 Å². The van der Waals surface area contributed by atoms with Crippen molar-refractivity contribution in [1.82, 2.24) is 0 Å². The molecule has 19 heavy (non-hydrogen) atoms. The summed E-state index contributed by atoms with van der Waals surface area (Å²) in [6.07, 6.45) is 0. The molecule has 3 nitrogen and oxygen atoms in total. The van der Waals surface area contributed by atoms with Gasteiger partial charge in [-0.15, -0.1) is 0 Å². The molecule has 96 valence electrons. The van der Waals surface area contributed by atoms with Crippen LogP contribution in [0.4, 0.5) is 0 Å². The van der Waals surface area contributed by atoms with Gasteiger partial charge in [0.15, 0.2) is 0 Å². The van der Waals surface area contributed by atoms with E-state index in [1.807, 2.05) is 18.2 Å². The van der Waals surface area contributed by atoms with Crippen LogP contribution in [0, 0.1) is 10.1 Å². The van der Waals surface area contributed by atoms with Crippen LogP contribution in [0.3, 0.4) is 0 Å². The van der Waals surface area contributed by atoms with Crippen molar-refractivity contribution in [3.8, 4) is 0 Å². The minimum atomic E-state index is -0.377. The van der Waals surface area contributed by atoms with Gasteiger partial charge in [-0.1, -0.05) is 41.6 Å². The molecule has 0 bridgehead atoms. The lowest BCUT2D eigenvalue weighted by Crippen LogP contribution is -1.96. The standard InChI is InChI=1S/C14H10ClNO2S/c15-12-6-8-13(9-7-12)19-10-14(16(17)18)11-4-2-1-3-5-11/h1-10H/b14-10-. The zero-order valence-corrected chi connectivity index (χ0v) is 11.4. The molecule has 0 aliphatic carbocycles. The molecule has 0 saturated heterocycles. The maximum absolute atomic E-state index is 11.1. The summed E-state index contributed by atoms with van der Waals surface area (Å²) in [7, 11) is 0. The van der Waals surface area contributed by atoms with Gasteiger partial charge in [0.05, 0.1) is 15.9 Å². The smallest absolute Gasteiger partial charge is 0.258 e. The molecule has 0 aliphatic rings. The fourth-order valence-electron chi connectivity index (χ4n) is 1.46. The van der Waals surface area contributed by atoms with E-state index in [9.17, 15) is 10.1 Å². The third-order valence-electron chi connectivity index (χ3n) is 2.39. The molecule has 0 amide bonds. The Balaban J connectivity index is 2.23. The number of halogens is 1. The average Bonchev–Trinajstić information content (AvgIpc) is 2.42. The zero-order chi connectivity index (χ0) is 13.7. The Morgan fingerprint density at radius 3 is 2.32 bits per heavy atom. The van der Waals surface area contributed by atoms with Crippen LogP contribution in [0.15, 0.2) is 64.9 Å². The van der Waals surface area contributed by atoms with Crippen LogP contribution >= 0.6 is 23.4 Å². The molecule has 0 unspecified atom stereocenters. The third-order valence-corrected chi connectivity index (χ3v) is 3.52. The molecule has 0 spiro atoms. The van der Waals surface area contributed by atoms with Crippen LogP contribution in [-0.4, -0.2) is 4.92 Å². The van der Waals surface area contributed by atoms with Gasteiger partial charge >= 0.3 is 0 Å². The van der Waals surface area contributed by atoms with E-state index >= 15 is 0 Å². The van der Waals surface area contributed by atoms with E-state index in [0.717, 1.165) is 4.90 Å². The first kappa shape index (κ1) is 13.6. The van der Waals surface area contributed by atoms with Crippen molar-refractivity contribution < 1.29 is 4.92 Å². The van der Waals surface area contributed by atoms with Gasteiger partial charge in [-0.25, -0.2) is 0 Å². The van der Waals surface area contributed by atoms with Crippen molar-refractivity contribution in [2.45, 2.75) is 4.90 Å². The molecule has 2 aromatic rings. The maximum Gasteiger partial charge on any atom is 0.283 e. The van der Waals surface area contributed by atoms with Gasteiger partial charge in [0, 0.05) is 9.92 Å².